The molecule has 84 valence electrons. The van der Waals surface area contributed by atoms with Crippen LogP contribution in [0.25, 0.3) is 0 Å². The van der Waals surface area contributed by atoms with Crippen molar-refractivity contribution in [2.24, 2.45) is 0 Å². The summed E-state index contributed by atoms with van der Waals surface area (Å²) in [7, 11) is 0. The summed E-state index contributed by atoms with van der Waals surface area (Å²) in [6.07, 6.45) is 6.60. The van der Waals surface area contributed by atoms with Gasteiger partial charge in [0.15, 0.2) is 0 Å². The van der Waals surface area contributed by atoms with Crippen molar-refractivity contribution in [3.05, 3.63) is 12.4 Å². The van der Waals surface area contributed by atoms with Crippen LogP contribution in [0.15, 0.2) is 12.4 Å². The Morgan fingerprint density at radius 1 is 1.27 bits per heavy atom. The zero-order valence-electron chi connectivity index (χ0n) is 9.49. The number of hydrogen-bond acceptors (Lipinski definition) is 4. The molecule has 0 radical (unpaired) electrons. The van der Waals surface area contributed by atoms with Crippen LogP contribution in [-0.4, -0.2) is 23.1 Å². The van der Waals surface area contributed by atoms with Crippen LogP contribution in [0.5, 0.6) is 5.88 Å². The van der Waals surface area contributed by atoms with Crippen molar-refractivity contribution in [2.75, 3.05) is 18.5 Å². The van der Waals surface area contributed by atoms with Crippen molar-refractivity contribution in [3.63, 3.8) is 0 Å². The number of aromatic nitrogens is 2. The fraction of sp³-hybridized carbons (Fsp3) is 0.636. The highest BCUT2D eigenvalue weighted by Crippen LogP contribution is 2.09. The first-order chi connectivity index (χ1) is 7.36. The van der Waals surface area contributed by atoms with Gasteiger partial charge < -0.3 is 10.1 Å². The summed E-state index contributed by atoms with van der Waals surface area (Å²) in [4.78, 5) is 8.35. The van der Waals surface area contributed by atoms with Crippen LogP contribution >= 0.6 is 0 Å². The molecule has 0 bridgehead atoms. The molecule has 1 rings (SSSR count). The Morgan fingerprint density at radius 2 is 2.13 bits per heavy atom. The van der Waals surface area contributed by atoms with Crippen molar-refractivity contribution in [1.29, 1.82) is 0 Å². The Kier molecular flexibility index (Phi) is 5.51. The number of rotatable bonds is 7. The predicted molar refractivity (Wildman–Crippen MR) is 61.2 cm³/mol. The molecule has 0 aliphatic carbocycles. The molecule has 1 aromatic heterocycles. The third kappa shape index (κ3) is 4.63. The van der Waals surface area contributed by atoms with E-state index >= 15 is 0 Å². The minimum absolute atomic E-state index is 0.601. The van der Waals surface area contributed by atoms with E-state index in [1.807, 2.05) is 0 Å². The van der Waals surface area contributed by atoms with E-state index in [0.29, 0.717) is 12.5 Å². The van der Waals surface area contributed by atoms with Crippen molar-refractivity contribution in [3.8, 4) is 5.88 Å². The molecule has 0 aliphatic heterocycles. The first-order valence-corrected chi connectivity index (χ1v) is 5.55. The largest absolute Gasteiger partial charge is 0.477 e. The van der Waals surface area contributed by atoms with E-state index in [9.17, 15) is 0 Å². The van der Waals surface area contributed by atoms with Gasteiger partial charge in [-0.3, -0.25) is 4.98 Å². The highest BCUT2D eigenvalue weighted by molar-refractivity contribution is 5.32. The SMILES string of the molecule is CCCCOc1cncc(NCCC)n1. The minimum Gasteiger partial charge on any atom is -0.477 e. The Morgan fingerprint density at radius 3 is 2.87 bits per heavy atom. The standard InChI is InChI=1S/C11H19N3O/c1-3-5-7-15-11-9-12-8-10(14-11)13-6-4-2/h8-9H,3-7H2,1-2H3,(H,13,14). The lowest BCUT2D eigenvalue weighted by molar-refractivity contribution is 0.297. The Hall–Kier alpha value is -1.32. The van der Waals surface area contributed by atoms with Crippen LogP contribution in [0.4, 0.5) is 5.82 Å². The summed E-state index contributed by atoms with van der Waals surface area (Å²) in [6.45, 7) is 5.87. The Balaban J connectivity index is 2.42. The number of nitrogens with zero attached hydrogens (tertiary/aromatic N) is 2. The van der Waals surface area contributed by atoms with E-state index in [1.165, 1.54) is 0 Å². The Labute approximate surface area is 91.1 Å². The molecule has 0 saturated carbocycles. The van der Waals surface area contributed by atoms with Crippen LogP contribution in [0.2, 0.25) is 0 Å². The van der Waals surface area contributed by atoms with Gasteiger partial charge in [-0.2, -0.15) is 4.98 Å². The summed E-state index contributed by atoms with van der Waals surface area (Å²) >= 11 is 0. The quantitative estimate of drug-likeness (QED) is 0.701. The summed E-state index contributed by atoms with van der Waals surface area (Å²) in [5.41, 5.74) is 0. The van der Waals surface area contributed by atoms with Gasteiger partial charge in [0.2, 0.25) is 5.88 Å². The van der Waals surface area contributed by atoms with Gasteiger partial charge in [-0.25, -0.2) is 0 Å². The molecular formula is C11H19N3O. The van der Waals surface area contributed by atoms with Gasteiger partial charge in [0.25, 0.3) is 0 Å². The van der Waals surface area contributed by atoms with E-state index in [1.54, 1.807) is 12.4 Å². The highest BCUT2D eigenvalue weighted by Gasteiger charge is 1.98. The smallest absolute Gasteiger partial charge is 0.234 e. The van der Waals surface area contributed by atoms with Gasteiger partial charge in [-0.05, 0) is 12.8 Å². The van der Waals surface area contributed by atoms with Gasteiger partial charge >= 0.3 is 0 Å². The molecule has 0 amide bonds. The second-order valence-corrected chi connectivity index (χ2v) is 3.37. The number of nitrogens with one attached hydrogen (secondary N) is 1. The van der Waals surface area contributed by atoms with E-state index in [4.69, 9.17) is 4.74 Å². The lowest BCUT2D eigenvalue weighted by atomic mass is 10.4. The molecule has 1 N–H and O–H groups in total. The van der Waals surface area contributed by atoms with Crippen molar-refractivity contribution >= 4 is 5.82 Å². The fourth-order valence-electron chi connectivity index (χ4n) is 1.08. The monoisotopic (exact) mass is 209 g/mol. The predicted octanol–water partition coefficient (Wildman–Crippen LogP) is 2.48. The molecule has 0 aromatic carbocycles. The summed E-state index contributed by atoms with van der Waals surface area (Å²) < 4.78 is 5.45. The number of anilines is 1. The molecule has 0 fully saturated rings. The number of hydrogen-bond donors (Lipinski definition) is 1. The van der Waals surface area contributed by atoms with Crippen molar-refractivity contribution in [2.45, 2.75) is 33.1 Å². The summed E-state index contributed by atoms with van der Waals surface area (Å²) in [5.74, 6) is 1.38. The molecule has 1 aromatic rings. The number of ether oxygens (including phenoxy) is 1. The van der Waals surface area contributed by atoms with Crippen LogP contribution in [0, 0.1) is 0 Å². The summed E-state index contributed by atoms with van der Waals surface area (Å²) in [6, 6.07) is 0. The zero-order valence-corrected chi connectivity index (χ0v) is 9.49. The molecule has 0 aliphatic rings. The van der Waals surface area contributed by atoms with Gasteiger partial charge in [0, 0.05) is 6.54 Å². The molecule has 1 heterocycles. The lowest BCUT2D eigenvalue weighted by Gasteiger charge is -2.06. The molecule has 4 nitrogen and oxygen atoms in total. The minimum atomic E-state index is 0.601. The van der Waals surface area contributed by atoms with Crippen LogP contribution in [0.1, 0.15) is 33.1 Å². The molecule has 0 atom stereocenters. The normalized spacial score (nSPS) is 10.0. The van der Waals surface area contributed by atoms with Crippen LogP contribution in [-0.2, 0) is 0 Å². The van der Waals surface area contributed by atoms with E-state index in [-0.39, 0.29) is 0 Å². The van der Waals surface area contributed by atoms with E-state index in [2.05, 4.69) is 29.1 Å². The van der Waals surface area contributed by atoms with Gasteiger partial charge in [0.1, 0.15) is 5.82 Å². The average Bonchev–Trinajstić information content (AvgIpc) is 2.27. The average molecular weight is 209 g/mol. The first kappa shape index (κ1) is 11.8. The molecular weight excluding hydrogens is 190 g/mol. The second kappa shape index (κ2) is 7.04. The van der Waals surface area contributed by atoms with Crippen molar-refractivity contribution in [1.82, 2.24) is 9.97 Å². The molecule has 0 spiro atoms. The summed E-state index contributed by atoms with van der Waals surface area (Å²) in [5, 5.41) is 3.17. The van der Waals surface area contributed by atoms with E-state index in [0.717, 1.165) is 31.6 Å². The van der Waals surface area contributed by atoms with Crippen LogP contribution in [0.3, 0.4) is 0 Å². The molecule has 15 heavy (non-hydrogen) atoms. The Bertz CT molecular complexity index is 278. The van der Waals surface area contributed by atoms with Gasteiger partial charge in [0.05, 0.1) is 19.0 Å². The topological polar surface area (TPSA) is 47.0 Å². The maximum absolute atomic E-state index is 5.45. The third-order valence-electron chi connectivity index (χ3n) is 1.92. The maximum atomic E-state index is 5.45. The zero-order chi connectivity index (χ0) is 10.9. The number of unbranched alkanes of at least 4 members (excludes halogenated alkanes) is 1. The van der Waals surface area contributed by atoms with E-state index < -0.39 is 0 Å². The fourth-order valence-corrected chi connectivity index (χ4v) is 1.08. The second-order valence-electron chi connectivity index (χ2n) is 3.37. The van der Waals surface area contributed by atoms with Crippen molar-refractivity contribution < 1.29 is 4.74 Å². The lowest BCUT2D eigenvalue weighted by Crippen LogP contribution is -2.04. The molecule has 0 saturated heterocycles. The molecule has 4 heteroatoms. The van der Waals surface area contributed by atoms with Gasteiger partial charge in [-0.1, -0.05) is 20.3 Å². The van der Waals surface area contributed by atoms with Crippen LogP contribution < -0.4 is 10.1 Å². The first-order valence-electron chi connectivity index (χ1n) is 5.55. The third-order valence-corrected chi connectivity index (χ3v) is 1.92. The molecule has 0 unspecified atom stereocenters. The highest BCUT2D eigenvalue weighted by atomic mass is 16.5. The maximum Gasteiger partial charge on any atom is 0.234 e. The van der Waals surface area contributed by atoms with Gasteiger partial charge in [-0.15, -0.1) is 0 Å².